The van der Waals surface area contributed by atoms with E-state index in [9.17, 15) is 4.39 Å². The molecule has 0 saturated carbocycles. The van der Waals surface area contributed by atoms with E-state index in [2.05, 4.69) is 20.4 Å². The third-order valence-electron chi connectivity index (χ3n) is 2.57. The van der Waals surface area contributed by atoms with Crippen LogP contribution < -0.4 is 5.32 Å². The Morgan fingerprint density at radius 3 is 2.83 bits per heavy atom. The number of hydrogen-bond acceptors (Lipinski definition) is 4. The standard InChI is InChI=1S/C12H10FN5/c1-14-12-9-5-3-7-18(9)17-11(16-12)8-4-2-6-10(13)15-8/h2-7H,1H3,(H,14,16,17). The van der Waals surface area contributed by atoms with E-state index < -0.39 is 5.95 Å². The first-order valence-corrected chi connectivity index (χ1v) is 5.44. The molecule has 0 fully saturated rings. The van der Waals surface area contributed by atoms with Crippen molar-refractivity contribution in [3.05, 3.63) is 42.5 Å². The lowest BCUT2D eigenvalue weighted by molar-refractivity contribution is 0.584. The van der Waals surface area contributed by atoms with E-state index in [1.165, 1.54) is 6.07 Å². The lowest BCUT2D eigenvalue weighted by atomic mass is 10.3. The minimum Gasteiger partial charge on any atom is -0.371 e. The van der Waals surface area contributed by atoms with Crippen LogP contribution in [-0.4, -0.2) is 26.6 Å². The summed E-state index contributed by atoms with van der Waals surface area (Å²) in [5, 5.41) is 7.28. The summed E-state index contributed by atoms with van der Waals surface area (Å²) in [4.78, 5) is 8.11. The largest absolute Gasteiger partial charge is 0.371 e. The van der Waals surface area contributed by atoms with Crippen LogP contribution in [0.1, 0.15) is 0 Å². The third-order valence-corrected chi connectivity index (χ3v) is 2.57. The Hall–Kier alpha value is -2.50. The summed E-state index contributed by atoms with van der Waals surface area (Å²) in [6.45, 7) is 0. The first-order chi connectivity index (χ1) is 8.78. The zero-order chi connectivity index (χ0) is 12.5. The fraction of sp³-hybridized carbons (Fsp3) is 0.0833. The summed E-state index contributed by atoms with van der Waals surface area (Å²) in [5.74, 6) is 0.508. The molecule has 0 aromatic carbocycles. The average Bonchev–Trinajstić information content (AvgIpc) is 2.85. The van der Waals surface area contributed by atoms with Crippen LogP contribution in [0.3, 0.4) is 0 Å². The van der Waals surface area contributed by atoms with Crippen LogP contribution in [0.5, 0.6) is 0 Å². The van der Waals surface area contributed by atoms with Gasteiger partial charge in [-0.2, -0.15) is 4.39 Å². The van der Waals surface area contributed by atoms with Gasteiger partial charge >= 0.3 is 0 Å². The number of fused-ring (bicyclic) bond motifs is 1. The summed E-state index contributed by atoms with van der Waals surface area (Å²) in [5.41, 5.74) is 1.26. The van der Waals surface area contributed by atoms with E-state index in [0.29, 0.717) is 17.3 Å². The summed E-state index contributed by atoms with van der Waals surface area (Å²) < 4.78 is 14.8. The Morgan fingerprint density at radius 1 is 1.17 bits per heavy atom. The zero-order valence-corrected chi connectivity index (χ0v) is 9.63. The van der Waals surface area contributed by atoms with Crippen molar-refractivity contribution < 1.29 is 4.39 Å². The number of aromatic nitrogens is 4. The van der Waals surface area contributed by atoms with Crippen LogP contribution >= 0.6 is 0 Å². The third kappa shape index (κ3) is 1.67. The molecule has 3 rings (SSSR count). The van der Waals surface area contributed by atoms with Crippen molar-refractivity contribution in [2.45, 2.75) is 0 Å². The zero-order valence-electron chi connectivity index (χ0n) is 9.63. The molecule has 3 aromatic heterocycles. The van der Waals surface area contributed by atoms with Crippen molar-refractivity contribution in [2.75, 3.05) is 12.4 Å². The normalized spacial score (nSPS) is 10.8. The van der Waals surface area contributed by atoms with Gasteiger partial charge in [0.15, 0.2) is 5.82 Å². The highest BCUT2D eigenvalue weighted by atomic mass is 19.1. The molecule has 0 aliphatic rings. The molecule has 0 radical (unpaired) electrons. The van der Waals surface area contributed by atoms with Crippen molar-refractivity contribution >= 4 is 11.3 Å². The molecule has 0 unspecified atom stereocenters. The Morgan fingerprint density at radius 2 is 2.06 bits per heavy atom. The van der Waals surface area contributed by atoms with Gasteiger partial charge in [-0.25, -0.2) is 14.5 Å². The van der Waals surface area contributed by atoms with Crippen LogP contribution in [0.15, 0.2) is 36.5 Å². The Bertz CT molecular complexity index is 707. The van der Waals surface area contributed by atoms with Gasteiger partial charge in [-0.15, -0.1) is 5.10 Å². The van der Waals surface area contributed by atoms with E-state index >= 15 is 0 Å². The maximum Gasteiger partial charge on any atom is 0.213 e. The predicted molar refractivity (Wildman–Crippen MR) is 65.7 cm³/mol. The van der Waals surface area contributed by atoms with Gasteiger partial charge in [-0.3, -0.25) is 0 Å². The van der Waals surface area contributed by atoms with Crippen molar-refractivity contribution in [2.24, 2.45) is 0 Å². The second kappa shape index (κ2) is 4.06. The molecular formula is C12H10FN5. The molecule has 3 heterocycles. The Labute approximate surface area is 102 Å². The number of halogens is 1. The second-order valence-electron chi connectivity index (χ2n) is 3.72. The maximum absolute atomic E-state index is 13.1. The molecule has 1 N–H and O–H groups in total. The smallest absolute Gasteiger partial charge is 0.213 e. The van der Waals surface area contributed by atoms with Crippen LogP contribution in [0.25, 0.3) is 17.0 Å². The van der Waals surface area contributed by atoms with E-state index in [-0.39, 0.29) is 0 Å². The molecule has 0 atom stereocenters. The lowest BCUT2D eigenvalue weighted by Crippen LogP contribution is -2.04. The number of nitrogens with zero attached hydrogens (tertiary/aromatic N) is 4. The van der Waals surface area contributed by atoms with Gasteiger partial charge < -0.3 is 5.32 Å². The maximum atomic E-state index is 13.1. The molecule has 0 aliphatic heterocycles. The van der Waals surface area contributed by atoms with Crippen molar-refractivity contribution in [3.8, 4) is 11.5 Å². The molecule has 0 bridgehead atoms. The monoisotopic (exact) mass is 243 g/mol. The van der Waals surface area contributed by atoms with E-state index in [4.69, 9.17) is 0 Å². The van der Waals surface area contributed by atoms with Crippen LogP contribution in [0, 0.1) is 5.95 Å². The number of rotatable bonds is 2. The SMILES string of the molecule is CNc1nc(-c2cccc(F)n2)nn2cccc12. The van der Waals surface area contributed by atoms with Gasteiger partial charge in [0.25, 0.3) is 0 Å². The average molecular weight is 243 g/mol. The summed E-state index contributed by atoms with van der Waals surface area (Å²) in [7, 11) is 1.78. The molecule has 0 saturated heterocycles. The summed E-state index contributed by atoms with van der Waals surface area (Å²) in [6, 6.07) is 8.31. The molecular weight excluding hydrogens is 233 g/mol. The van der Waals surface area contributed by atoms with Gasteiger partial charge in [-0.1, -0.05) is 6.07 Å². The molecule has 18 heavy (non-hydrogen) atoms. The fourth-order valence-electron chi connectivity index (χ4n) is 1.76. The minimum absolute atomic E-state index is 0.377. The highest BCUT2D eigenvalue weighted by Gasteiger charge is 2.09. The molecule has 0 spiro atoms. The number of pyridine rings is 1. The van der Waals surface area contributed by atoms with Crippen molar-refractivity contribution in [1.29, 1.82) is 0 Å². The first-order valence-electron chi connectivity index (χ1n) is 5.44. The molecule has 0 amide bonds. The Kier molecular flexibility index (Phi) is 2.40. The highest BCUT2D eigenvalue weighted by Crippen LogP contribution is 2.18. The quantitative estimate of drug-likeness (QED) is 0.699. The van der Waals surface area contributed by atoms with E-state index in [0.717, 1.165) is 5.52 Å². The van der Waals surface area contributed by atoms with Crippen molar-refractivity contribution in [3.63, 3.8) is 0 Å². The lowest BCUT2D eigenvalue weighted by Gasteiger charge is -2.06. The van der Waals surface area contributed by atoms with E-state index in [1.54, 1.807) is 29.9 Å². The van der Waals surface area contributed by atoms with Gasteiger partial charge in [0, 0.05) is 13.2 Å². The van der Waals surface area contributed by atoms with E-state index in [1.807, 2.05) is 12.1 Å². The topological polar surface area (TPSA) is 55.1 Å². The molecule has 3 aromatic rings. The van der Waals surface area contributed by atoms with Gasteiger partial charge in [0.1, 0.15) is 11.2 Å². The van der Waals surface area contributed by atoms with Crippen LogP contribution in [-0.2, 0) is 0 Å². The van der Waals surface area contributed by atoms with Crippen molar-refractivity contribution in [1.82, 2.24) is 19.6 Å². The van der Waals surface area contributed by atoms with Gasteiger partial charge in [0.05, 0.1) is 0 Å². The fourth-order valence-corrected chi connectivity index (χ4v) is 1.76. The van der Waals surface area contributed by atoms with Crippen LogP contribution in [0.4, 0.5) is 10.2 Å². The molecule has 6 heteroatoms. The molecule has 90 valence electrons. The number of nitrogens with one attached hydrogen (secondary N) is 1. The predicted octanol–water partition coefficient (Wildman–Crippen LogP) is 1.97. The molecule has 5 nitrogen and oxygen atoms in total. The second-order valence-corrected chi connectivity index (χ2v) is 3.72. The summed E-state index contributed by atoms with van der Waals surface area (Å²) >= 11 is 0. The number of hydrogen-bond donors (Lipinski definition) is 1. The minimum atomic E-state index is -0.547. The first kappa shape index (κ1) is 10.6. The highest BCUT2D eigenvalue weighted by molar-refractivity contribution is 5.69. The number of anilines is 1. The Balaban J connectivity index is 2.23. The summed E-state index contributed by atoms with van der Waals surface area (Å²) in [6.07, 6.45) is 1.81. The van der Waals surface area contributed by atoms with Crippen LogP contribution in [0.2, 0.25) is 0 Å². The van der Waals surface area contributed by atoms with Gasteiger partial charge in [-0.05, 0) is 24.3 Å². The van der Waals surface area contributed by atoms with Gasteiger partial charge in [0.2, 0.25) is 11.8 Å². The molecule has 0 aliphatic carbocycles.